The van der Waals surface area contributed by atoms with Crippen LogP contribution in [0.25, 0.3) is 88.4 Å². The standard InChI is InChI=1S/C49H32N2O/c52-49-42-25-8-10-27-46(42)50(39-21-5-2-6-22-39)48-31-43-41-24-7-9-26-45(41)51(47(43)32-44(48)49)40-23-13-20-38(30-40)37-19-12-18-36(29-37)35-17-11-16-34(28-35)33-14-3-1-4-15-33/h1-32H. The Morgan fingerprint density at radius 2 is 0.692 bits per heavy atom. The van der Waals surface area contributed by atoms with Crippen molar-refractivity contribution in [2.24, 2.45) is 0 Å². The maximum Gasteiger partial charge on any atom is 0.197 e. The largest absolute Gasteiger partial charge is 0.309 e. The lowest BCUT2D eigenvalue weighted by atomic mass is 9.96. The fourth-order valence-electron chi connectivity index (χ4n) is 7.85. The molecule has 0 N–H and O–H groups in total. The summed E-state index contributed by atoms with van der Waals surface area (Å²) in [4.78, 5) is 14.2. The quantitative estimate of drug-likeness (QED) is 0.168. The zero-order chi connectivity index (χ0) is 34.6. The van der Waals surface area contributed by atoms with Gasteiger partial charge in [0.25, 0.3) is 0 Å². The van der Waals surface area contributed by atoms with E-state index in [1.54, 1.807) is 0 Å². The Labute approximate surface area is 300 Å². The Morgan fingerprint density at radius 3 is 1.37 bits per heavy atom. The van der Waals surface area contributed by atoms with Crippen LogP contribution in [-0.2, 0) is 0 Å². The zero-order valence-electron chi connectivity index (χ0n) is 28.3. The van der Waals surface area contributed by atoms with E-state index in [9.17, 15) is 4.79 Å². The number of pyridine rings is 1. The molecule has 10 aromatic rings. The molecule has 0 saturated carbocycles. The van der Waals surface area contributed by atoms with Crippen LogP contribution in [0.1, 0.15) is 0 Å². The van der Waals surface area contributed by atoms with E-state index >= 15 is 0 Å². The van der Waals surface area contributed by atoms with Gasteiger partial charge in [-0.15, -0.1) is 0 Å². The van der Waals surface area contributed by atoms with E-state index in [0.717, 1.165) is 55.3 Å². The third-order valence-electron chi connectivity index (χ3n) is 10.3. The summed E-state index contributed by atoms with van der Waals surface area (Å²) in [6.45, 7) is 0. The Kier molecular flexibility index (Phi) is 6.97. The van der Waals surface area contributed by atoms with E-state index in [1.165, 1.54) is 22.3 Å². The highest BCUT2D eigenvalue weighted by Crippen LogP contribution is 2.37. The average molecular weight is 665 g/mol. The summed E-state index contributed by atoms with van der Waals surface area (Å²) in [7, 11) is 0. The SMILES string of the molecule is O=c1c2ccccc2n(-c2ccccc2)c2cc3c4ccccc4n(-c4cccc(-c5cccc(-c6cccc(-c7ccccc7)c6)c5)c4)c3cc12. The summed E-state index contributed by atoms with van der Waals surface area (Å²) < 4.78 is 4.53. The molecule has 3 heteroatoms. The Hall–Kier alpha value is -6.97. The van der Waals surface area contributed by atoms with Gasteiger partial charge >= 0.3 is 0 Å². The van der Waals surface area contributed by atoms with E-state index in [2.05, 4.69) is 161 Å². The Balaban J connectivity index is 1.16. The molecule has 3 nitrogen and oxygen atoms in total. The van der Waals surface area contributed by atoms with Crippen molar-refractivity contribution in [3.05, 3.63) is 204 Å². The van der Waals surface area contributed by atoms with Crippen molar-refractivity contribution in [3.63, 3.8) is 0 Å². The lowest BCUT2D eigenvalue weighted by molar-refractivity contribution is 1.16. The number of nitrogens with zero attached hydrogens (tertiary/aromatic N) is 2. The molecule has 0 saturated heterocycles. The van der Waals surface area contributed by atoms with Crippen LogP contribution in [0.15, 0.2) is 199 Å². The minimum Gasteiger partial charge on any atom is -0.309 e. The first-order valence-corrected chi connectivity index (χ1v) is 17.6. The van der Waals surface area contributed by atoms with Crippen LogP contribution < -0.4 is 5.43 Å². The fraction of sp³-hybridized carbons (Fsp3) is 0. The van der Waals surface area contributed by atoms with Gasteiger partial charge in [0.1, 0.15) is 0 Å². The summed E-state index contributed by atoms with van der Waals surface area (Å²) in [5, 5.41) is 3.65. The van der Waals surface area contributed by atoms with Crippen molar-refractivity contribution >= 4 is 43.6 Å². The summed E-state index contributed by atoms with van der Waals surface area (Å²) in [5.41, 5.74) is 13.0. The van der Waals surface area contributed by atoms with Crippen LogP contribution in [0.2, 0.25) is 0 Å². The average Bonchev–Trinajstić information content (AvgIpc) is 3.54. The van der Waals surface area contributed by atoms with E-state index in [1.807, 2.05) is 42.5 Å². The molecule has 2 heterocycles. The molecule has 0 aliphatic rings. The normalized spacial score (nSPS) is 11.5. The van der Waals surface area contributed by atoms with Gasteiger partial charge in [-0.1, -0.05) is 127 Å². The maximum absolute atomic E-state index is 14.2. The first-order valence-electron chi connectivity index (χ1n) is 17.6. The predicted octanol–water partition coefficient (Wildman–Crippen LogP) is 12.2. The van der Waals surface area contributed by atoms with Gasteiger partial charge in [0, 0.05) is 32.9 Å². The highest BCUT2D eigenvalue weighted by atomic mass is 16.1. The number of rotatable bonds is 5. The molecule has 244 valence electrons. The van der Waals surface area contributed by atoms with Gasteiger partial charge in [0.2, 0.25) is 0 Å². The van der Waals surface area contributed by atoms with Crippen molar-refractivity contribution in [1.82, 2.24) is 9.13 Å². The molecule has 10 rings (SSSR count). The maximum atomic E-state index is 14.2. The van der Waals surface area contributed by atoms with Gasteiger partial charge in [-0.25, -0.2) is 0 Å². The van der Waals surface area contributed by atoms with Gasteiger partial charge in [0.05, 0.1) is 22.1 Å². The second kappa shape index (κ2) is 12.1. The third-order valence-corrected chi connectivity index (χ3v) is 10.3. The lowest BCUT2D eigenvalue weighted by Gasteiger charge is -2.16. The lowest BCUT2D eigenvalue weighted by Crippen LogP contribution is -2.10. The molecule has 0 amide bonds. The molecule has 0 fully saturated rings. The van der Waals surface area contributed by atoms with E-state index in [0.29, 0.717) is 10.8 Å². The third kappa shape index (κ3) is 4.86. The number of para-hydroxylation sites is 3. The van der Waals surface area contributed by atoms with Crippen LogP contribution in [0.3, 0.4) is 0 Å². The van der Waals surface area contributed by atoms with Crippen molar-refractivity contribution in [3.8, 4) is 44.8 Å². The second-order valence-electron chi connectivity index (χ2n) is 13.3. The first kappa shape index (κ1) is 29.9. The van der Waals surface area contributed by atoms with Crippen molar-refractivity contribution in [2.45, 2.75) is 0 Å². The minimum atomic E-state index is 0.0402. The molecular formula is C49H32N2O. The Morgan fingerprint density at radius 1 is 0.269 bits per heavy atom. The molecule has 0 unspecified atom stereocenters. The molecular weight excluding hydrogens is 633 g/mol. The van der Waals surface area contributed by atoms with Gasteiger partial charge < -0.3 is 9.13 Å². The number of hydrogen-bond acceptors (Lipinski definition) is 1. The highest BCUT2D eigenvalue weighted by molar-refractivity contribution is 6.14. The smallest absolute Gasteiger partial charge is 0.197 e. The predicted molar refractivity (Wildman–Crippen MR) is 218 cm³/mol. The second-order valence-corrected chi connectivity index (χ2v) is 13.3. The number of benzene rings is 8. The molecule has 52 heavy (non-hydrogen) atoms. The Bertz CT molecular complexity index is 3030. The van der Waals surface area contributed by atoms with Crippen molar-refractivity contribution < 1.29 is 0 Å². The molecule has 2 aromatic heterocycles. The van der Waals surface area contributed by atoms with Gasteiger partial charge in [0.15, 0.2) is 5.43 Å². The summed E-state index contributed by atoms with van der Waals surface area (Å²) >= 11 is 0. The van der Waals surface area contributed by atoms with Gasteiger partial charge in [-0.05, 0) is 100 Å². The van der Waals surface area contributed by atoms with Crippen LogP contribution in [0.4, 0.5) is 0 Å². The van der Waals surface area contributed by atoms with Gasteiger partial charge in [-0.2, -0.15) is 0 Å². The summed E-state index contributed by atoms with van der Waals surface area (Å²) in [6, 6.07) is 67.9. The summed E-state index contributed by atoms with van der Waals surface area (Å²) in [6.07, 6.45) is 0. The van der Waals surface area contributed by atoms with Crippen LogP contribution >= 0.6 is 0 Å². The first-order chi connectivity index (χ1) is 25.7. The monoisotopic (exact) mass is 664 g/mol. The molecule has 0 spiro atoms. The number of aromatic nitrogens is 2. The van der Waals surface area contributed by atoms with Crippen LogP contribution in [0.5, 0.6) is 0 Å². The topological polar surface area (TPSA) is 26.9 Å². The highest BCUT2D eigenvalue weighted by Gasteiger charge is 2.18. The molecule has 0 bridgehead atoms. The van der Waals surface area contributed by atoms with Crippen LogP contribution in [0, 0.1) is 0 Å². The molecule has 0 atom stereocenters. The fourth-order valence-corrected chi connectivity index (χ4v) is 7.85. The molecule has 8 aromatic carbocycles. The van der Waals surface area contributed by atoms with E-state index in [4.69, 9.17) is 0 Å². The van der Waals surface area contributed by atoms with Crippen molar-refractivity contribution in [2.75, 3.05) is 0 Å². The number of fused-ring (bicyclic) bond motifs is 5. The number of hydrogen-bond donors (Lipinski definition) is 0. The molecule has 0 radical (unpaired) electrons. The van der Waals surface area contributed by atoms with Crippen LogP contribution in [-0.4, -0.2) is 9.13 Å². The molecule has 0 aliphatic heterocycles. The minimum absolute atomic E-state index is 0.0402. The van der Waals surface area contributed by atoms with E-state index in [-0.39, 0.29) is 5.43 Å². The van der Waals surface area contributed by atoms with Crippen molar-refractivity contribution in [1.29, 1.82) is 0 Å². The van der Waals surface area contributed by atoms with Gasteiger partial charge in [-0.3, -0.25) is 4.79 Å². The molecule has 0 aliphatic carbocycles. The summed E-state index contributed by atoms with van der Waals surface area (Å²) in [5.74, 6) is 0. The van der Waals surface area contributed by atoms with E-state index < -0.39 is 0 Å². The zero-order valence-corrected chi connectivity index (χ0v) is 28.3.